The third-order valence-corrected chi connectivity index (χ3v) is 4.01. The average Bonchev–Trinajstić information content (AvgIpc) is 2.62. The average molecular weight is 352 g/mol. The first-order valence-corrected chi connectivity index (χ1v) is 7.62. The summed E-state index contributed by atoms with van der Waals surface area (Å²) in [6.45, 7) is 0. The Bertz CT molecular complexity index is 955. The molecule has 7 heteroatoms. The molecule has 2 aromatic rings. The van der Waals surface area contributed by atoms with Gasteiger partial charge in [-0.05, 0) is 41.5 Å². The van der Waals surface area contributed by atoms with E-state index in [1.54, 1.807) is 30.3 Å². The standard InChI is InChI=1S/C18H10ClN3O3/c19-13-5-1-11(2-6-13)15-9-17(21-18(23)16(15)10-20)12-3-7-14(8-4-12)22(24)25/h1-9,16H. The van der Waals surface area contributed by atoms with E-state index in [1.165, 1.54) is 24.3 Å². The quantitative estimate of drug-likeness (QED) is 0.620. The lowest BCUT2D eigenvalue weighted by molar-refractivity contribution is -0.384. The molecule has 0 fully saturated rings. The van der Waals surface area contributed by atoms with Gasteiger partial charge in [0.2, 0.25) is 0 Å². The molecule has 2 aromatic carbocycles. The first-order valence-electron chi connectivity index (χ1n) is 7.24. The van der Waals surface area contributed by atoms with Gasteiger partial charge in [-0.1, -0.05) is 23.7 Å². The maximum Gasteiger partial charge on any atom is 0.269 e. The van der Waals surface area contributed by atoms with E-state index in [4.69, 9.17) is 11.6 Å². The lowest BCUT2D eigenvalue weighted by Gasteiger charge is -2.17. The molecule has 0 saturated carbocycles. The molecule has 1 unspecified atom stereocenters. The molecule has 1 aliphatic heterocycles. The Labute approximate surface area is 147 Å². The zero-order valence-corrected chi connectivity index (χ0v) is 13.5. The maximum absolute atomic E-state index is 12.2. The van der Waals surface area contributed by atoms with Crippen molar-refractivity contribution < 1.29 is 9.72 Å². The van der Waals surface area contributed by atoms with Crippen molar-refractivity contribution in [3.63, 3.8) is 0 Å². The Morgan fingerprint density at radius 2 is 1.68 bits per heavy atom. The fourth-order valence-electron chi connectivity index (χ4n) is 2.50. The van der Waals surface area contributed by atoms with E-state index >= 15 is 0 Å². The van der Waals surface area contributed by atoms with Crippen LogP contribution in [0.3, 0.4) is 0 Å². The van der Waals surface area contributed by atoms with Crippen LogP contribution in [0, 0.1) is 27.4 Å². The highest BCUT2D eigenvalue weighted by molar-refractivity contribution is 6.30. The predicted octanol–water partition coefficient (Wildman–Crippen LogP) is 3.80. The number of nitrogens with zero attached hydrogens (tertiary/aromatic N) is 3. The van der Waals surface area contributed by atoms with Crippen LogP contribution in [0.25, 0.3) is 5.57 Å². The number of aliphatic imine (C=N–C) groups is 1. The number of non-ortho nitro benzene ring substituents is 1. The van der Waals surface area contributed by atoms with Crippen LogP contribution >= 0.6 is 11.6 Å². The summed E-state index contributed by atoms with van der Waals surface area (Å²) >= 11 is 5.88. The topological polar surface area (TPSA) is 96.4 Å². The van der Waals surface area contributed by atoms with Crippen molar-refractivity contribution in [2.45, 2.75) is 0 Å². The molecule has 0 N–H and O–H groups in total. The van der Waals surface area contributed by atoms with Crippen molar-refractivity contribution >= 4 is 34.5 Å². The highest BCUT2D eigenvalue weighted by atomic mass is 35.5. The molecule has 0 radical (unpaired) electrons. The third-order valence-electron chi connectivity index (χ3n) is 3.76. The van der Waals surface area contributed by atoms with Crippen LogP contribution in [-0.2, 0) is 4.79 Å². The van der Waals surface area contributed by atoms with Crippen molar-refractivity contribution in [3.05, 3.63) is 80.9 Å². The second-order valence-corrected chi connectivity index (χ2v) is 5.74. The van der Waals surface area contributed by atoms with Crippen LogP contribution in [0.1, 0.15) is 11.1 Å². The van der Waals surface area contributed by atoms with Crippen LogP contribution in [0.15, 0.2) is 59.6 Å². The summed E-state index contributed by atoms with van der Waals surface area (Å²) in [4.78, 5) is 26.5. The molecule has 0 saturated heterocycles. The molecule has 6 nitrogen and oxygen atoms in total. The van der Waals surface area contributed by atoms with Gasteiger partial charge in [0.05, 0.1) is 16.7 Å². The number of nitriles is 1. The van der Waals surface area contributed by atoms with E-state index in [0.29, 0.717) is 27.4 Å². The van der Waals surface area contributed by atoms with Crippen LogP contribution in [0.2, 0.25) is 5.02 Å². The van der Waals surface area contributed by atoms with E-state index in [9.17, 15) is 20.2 Å². The molecule has 0 aromatic heterocycles. The maximum atomic E-state index is 12.2. The first-order chi connectivity index (χ1) is 12.0. The lowest BCUT2D eigenvalue weighted by atomic mass is 9.88. The Hall–Kier alpha value is -3.30. The predicted molar refractivity (Wildman–Crippen MR) is 93.2 cm³/mol. The molecular weight excluding hydrogens is 342 g/mol. The Kier molecular flexibility index (Phi) is 4.42. The number of rotatable bonds is 3. The number of nitro groups is 1. The van der Waals surface area contributed by atoms with E-state index in [1.807, 2.05) is 6.07 Å². The van der Waals surface area contributed by atoms with Crippen molar-refractivity contribution in [2.75, 3.05) is 0 Å². The van der Waals surface area contributed by atoms with Crippen LogP contribution in [-0.4, -0.2) is 16.5 Å². The van der Waals surface area contributed by atoms with E-state index in [2.05, 4.69) is 4.99 Å². The van der Waals surface area contributed by atoms with Gasteiger partial charge in [-0.3, -0.25) is 14.9 Å². The number of hydrogen-bond donors (Lipinski definition) is 0. The highest BCUT2D eigenvalue weighted by Gasteiger charge is 2.28. The number of carbonyl (C=O) groups is 1. The SMILES string of the molecule is N#CC1C(=O)N=C(c2ccc([N+](=O)[O-])cc2)C=C1c1ccc(Cl)cc1. The minimum atomic E-state index is -0.997. The van der Waals surface area contributed by atoms with Crippen molar-refractivity contribution in [1.29, 1.82) is 5.26 Å². The molecule has 1 aliphatic rings. The molecular formula is C18H10ClN3O3. The van der Waals surface area contributed by atoms with Crippen LogP contribution in [0.4, 0.5) is 5.69 Å². The molecule has 1 atom stereocenters. The van der Waals surface area contributed by atoms with Gasteiger partial charge >= 0.3 is 0 Å². The molecule has 25 heavy (non-hydrogen) atoms. The van der Waals surface area contributed by atoms with Gasteiger partial charge in [0, 0.05) is 22.7 Å². The lowest BCUT2D eigenvalue weighted by Crippen LogP contribution is -2.20. The molecule has 3 rings (SSSR count). The smallest absolute Gasteiger partial charge is 0.269 e. The zero-order chi connectivity index (χ0) is 18.0. The summed E-state index contributed by atoms with van der Waals surface area (Å²) in [6.07, 6.45) is 1.65. The number of hydrogen-bond acceptors (Lipinski definition) is 4. The molecule has 1 amide bonds. The van der Waals surface area contributed by atoms with Gasteiger partial charge in [-0.15, -0.1) is 0 Å². The summed E-state index contributed by atoms with van der Waals surface area (Å²) < 4.78 is 0. The van der Waals surface area contributed by atoms with Crippen molar-refractivity contribution in [1.82, 2.24) is 0 Å². The van der Waals surface area contributed by atoms with Gasteiger partial charge in [0.1, 0.15) is 0 Å². The summed E-state index contributed by atoms with van der Waals surface area (Å²) in [5, 5.41) is 20.6. The fourth-order valence-corrected chi connectivity index (χ4v) is 2.62. The van der Waals surface area contributed by atoms with Gasteiger partial charge in [-0.2, -0.15) is 5.26 Å². The van der Waals surface area contributed by atoms with E-state index < -0.39 is 16.7 Å². The minimum Gasteiger partial charge on any atom is -0.271 e. The number of dihydropyridines is 1. The summed E-state index contributed by atoms with van der Waals surface area (Å²) in [7, 11) is 0. The first kappa shape index (κ1) is 16.6. The van der Waals surface area contributed by atoms with Gasteiger partial charge in [0.15, 0.2) is 5.92 Å². The summed E-state index contributed by atoms with van der Waals surface area (Å²) in [5.74, 6) is -1.56. The number of amides is 1. The van der Waals surface area contributed by atoms with E-state index in [-0.39, 0.29) is 5.69 Å². The number of allylic oxidation sites excluding steroid dienone is 1. The number of benzene rings is 2. The fraction of sp³-hybridized carbons (Fsp3) is 0.0556. The van der Waals surface area contributed by atoms with Gasteiger partial charge in [-0.25, -0.2) is 4.99 Å². The summed E-state index contributed by atoms with van der Waals surface area (Å²) in [6, 6.07) is 14.5. The third kappa shape index (κ3) is 3.32. The number of nitro benzene ring substituents is 1. The summed E-state index contributed by atoms with van der Waals surface area (Å²) in [5.41, 5.74) is 2.08. The van der Waals surface area contributed by atoms with Crippen LogP contribution in [0.5, 0.6) is 0 Å². The Balaban J connectivity index is 2.05. The monoisotopic (exact) mass is 351 g/mol. The molecule has 0 bridgehead atoms. The van der Waals surface area contributed by atoms with Crippen molar-refractivity contribution in [3.8, 4) is 6.07 Å². The molecule has 1 heterocycles. The molecule has 122 valence electrons. The number of carbonyl (C=O) groups excluding carboxylic acids is 1. The Morgan fingerprint density at radius 1 is 1.08 bits per heavy atom. The van der Waals surface area contributed by atoms with E-state index in [0.717, 1.165) is 0 Å². The second-order valence-electron chi connectivity index (χ2n) is 5.31. The number of halogens is 1. The minimum absolute atomic E-state index is 0.0525. The largest absolute Gasteiger partial charge is 0.271 e. The van der Waals surface area contributed by atoms with Crippen LogP contribution < -0.4 is 0 Å². The second kappa shape index (κ2) is 6.67. The highest BCUT2D eigenvalue weighted by Crippen LogP contribution is 2.30. The van der Waals surface area contributed by atoms with Gasteiger partial charge < -0.3 is 0 Å². The molecule has 0 aliphatic carbocycles. The normalized spacial score (nSPS) is 16.6. The zero-order valence-electron chi connectivity index (χ0n) is 12.7. The molecule has 0 spiro atoms. The van der Waals surface area contributed by atoms with Gasteiger partial charge in [0.25, 0.3) is 11.6 Å². The Morgan fingerprint density at radius 3 is 2.24 bits per heavy atom. The van der Waals surface area contributed by atoms with Crippen molar-refractivity contribution in [2.24, 2.45) is 10.9 Å².